The van der Waals surface area contributed by atoms with Crippen molar-refractivity contribution in [1.82, 2.24) is 0 Å². The molecule has 0 saturated carbocycles. The molecule has 3 nitrogen and oxygen atoms in total. The third-order valence-corrected chi connectivity index (χ3v) is 1.67. The maximum atomic E-state index is 10.3. The van der Waals surface area contributed by atoms with Crippen LogP contribution in [0.25, 0.3) is 0 Å². The van der Waals surface area contributed by atoms with Crippen LogP contribution in [0.2, 0.25) is 0 Å². The van der Waals surface area contributed by atoms with E-state index in [1.807, 2.05) is 6.92 Å². The fourth-order valence-electron chi connectivity index (χ4n) is 0.276. The minimum atomic E-state index is -3.40. The van der Waals surface area contributed by atoms with Crippen molar-refractivity contribution >= 4 is 20.2 Å². The Hall–Kier alpha value is 0.290. The van der Waals surface area contributed by atoms with E-state index in [-0.39, 0.29) is 6.10 Å². The van der Waals surface area contributed by atoms with Gasteiger partial charge in [-0.15, -0.1) is 0 Å². The Morgan fingerprint density at radius 1 is 1.89 bits per heavy atom. The highest BCUT2D eigenvalue weighted by atomic mass is 32.9. The smallest absolute Gasteiger partial charge is 0.266 e. The minimum Gasteiger partial charge on any atom is -0.285 e. The van der Waals surface area contributed by atoms with Crippen molar-refractivity contribution in [3.8, 4) is 0 Å². The van der Waals surface area contributed by atoms with E-state index in [9.17, 15) is 4.21 Å². The van der Waals surface area contributed by atoms with Crippen LogP contribution in [-0.2, 0) is 24.4 Å². The van der Waals surface area contributed by atoms with E-state index < -0.39 is 9.05 Å². The van der Waals surface area contributed by atoms with Crippen molar-refractivity contribution in [2.45, 2.75) is 26.4 Å². The average molecular weight is 170 g/mol. The first kappa shape index (κ1) is 9.29. The van der Waals surface area contributed by atoms with Gasteiger partial charge in [-0.3, -0.25) is 8.74 Å². The molecular formula is C4H10O3S2. The van der Waals surface area contributed by atoms with Crippen LogP contribution in [0, 0.1) is 0 Å². The van der Waals surface area contributed by atoms with Gasteiger partial charge < -0.3 is 0 Å². The molecule has 0 spiro atoms. The van der Waals surface area contributed by atoms with Crippen LogP contribution in [0.3, 0.4) is 0 Å². The van der Waals surface area contributed by atoms with Crippen LogP contribution in [0.4, 0.5) is 0 Å². The largest absolute Gasteiger partial charge is 0.285 e. The van der Waals surface area contributed by atoms with Crippen LogP contribution in [0.15, 0.2) is 0 Å². The van der Waals surface area contributed by atoms with Gasteiger partial charge in [0.2, 0.25) is 0 Å². The standard InChI is InChI=1S/C4H10O3S2/c1-3-4(2)7-9(5,6)8/h4H,3H2,1-2H3,(H,5,6,8). The fourth-order valence-corrected chi connectivity index (χ4v) is 1.23. The molecule has 56 valence electrons. The van der Waals surface area contributed by atoms with Gasteiger partial charge in [-0.2, -0.15) is 4.21 Å². The van der Waals surface area contributed by atoms with E-state index in [0.717, 1.165) is 0 Å². The summed E-state index contributed by atoms with van der Waals surface area (Å²) >= 11 is 4.09. The van der Waals surface area contributed by atoms with E-state index in [0.29, 0.717) is 6.42 Å². The molecule has 1 N–H and O–H groups in total. The topological polar surface area (TPSA) is 46.5 Å². The zero-order valence-corrected chi connectivity index (χ0v) is 7.00. The Morgan fingerprint density at radius 2 is 2.33 bits per heavy atom. The second-order valence-corrected chi connectivity index (χ2v) is 4.05. The minimum absolute atomic E-state index is 0.236. The van der Waals surface area contributed by atoms with Gasteiger partial charge in [0.25, 0.3) is 9.05 Å². The van der Waals surface area contributed by atoms with Crippen LogP contribution in [0.1, 0.15) is 20.3 Å². The predicted octanol–water partition coefficient (Wildman–Crippen LogP) is 0.936. The molecule has 2 atom stereocenters. The van der Waals surface area contributed by atoms with Gasteiger partial charge in [0, 0.05) is 11.2 Å². The fraction of sp³-hybridized carbons (Fsp3) is 1.00. The molecule has 0 amide bonds. The Kier molecular flexibility index (Phi) is 3.57. The summed E-state index contributed by atoms with van der Waals surface area (Å²) < 4.78 is 23.2. The highest BCUT2D eigenvalue weighted by Gasteiger charge is 2.05. The molecule has 0 aromatic rings. The molecule has 0 aromatic carbocycles. The van der Waals surface area contributed by atoms with Gasteiger partial charge in [-0.05, 0) is 13.3 Å². The van der Waals surface area contributed by atoms with Gasteiger partial charge in [-0.1, -0.05) is 6.92 Å². The monoisotopic (exact) mass is 170 g/mol. The molecule has 0 aromatic heterocycles. The molecule has 0 heterocycles. The van der Waals surface area contributed by atoms with E-state index in [2.05, 4.69) is 15.4 Å². The van der Waals surface area contributed by atoms with E-state index >= 15 is 0 Å². The quantitative estimate of drug-likeness (QED) is 0.684. The van der Waals surface area contributed by atoms with Gasteiger partial charge in [0.1, 0.15) is 0 Å². The summed E-state index contributed by atoms with van der Waals surface area (Å²) in [7, 11) is -3.40. The Bertz CT molecular complexity index is 161. The van der Waals surface area contributed by atoms with E-state index in [1.54, 1.807) is 6.92 Å². The Balaban J connectivity index is 3.75. The first-order valence-corrected chi connectivity index (χ1v) is 4.98. The lowest BCUT2D eigenvalue weighted by molar-refractivity contribution is 0.217. The molecule has 0 bridgehead atoms. The molecule has 2 unspecified atom stereocenters. The molecule has 0 radical (unpaired) electrons. The molecule has 0 aliphatic rings. The predicted molar refractivity (Wildman–Crippen MR) is 39.0 cm³/mol. The van der Waals surface area contributed by atoms with Crippen LogP contribution in [-0.4, -0.2) is 14.9 Å². The number of hydrogen-bond acceptors (Lipinski definition) is 3. The van der Waals surface area contributed by atoms with Gasteiger partial charge >= 0.3 is 0 Å². The van der Waals surface area contributed by atoms with Crippen molar-refractivity contribution in [3.63, 3.8) is 0 Å². The Morgan fingerprint density at radius 3 is 2.44 bits per heavy atom. The van der Waals surface area contributed by atoms with Crippen molar-refractivity contribution in [1.29, 1.82) is 0 Å². The van der Waals surface area contributed by atoms with Crippen LogP contribution >= 0.6 is 0 Å². The first-order valence-electron chi connectivity index (χ1n) is 2.61. The van der Waals surface area contributed by atoms with Crippen molar-refractivity contribution in [2.75, 3.05) is 0 Å². The lowest BCUT2D eigenvalue weighted by atomic mass is 10.3. The molecule has 0 fully saturated rings. The average Bonchev–Trinajstić information content (AvgIpc) is 1.62. The summed E-state index contributed by atoms with van der Waals surface area (Å²) in [5.41, 5.74) is 0. The van der Waals surface area contributed by atoms with E-state index in [1.165, 1.54) is 0 Å². The summed E-state index contributed by atoms with van der Waals surface area (Å²) in [6.45, 7) is 3.55. The maximum Gasteiger partial charge on any atom is 0.266 e. The van der Waals surface area contributed by atoms with Crippen molar-refractivity contribution < 1.29 is 12.9 Å². The normalized spacial score (nSPS) is 20.8. The lowest BCUT2D eigenvalue weighted by Gasteiger charge is -2.06. The lowest BCUT2D eigenvalue weighted by Crippen LogP contribution is -2.11. The van der Waals surface area contributed by atoms with Gasteiger partial charge in [0.05, 0.1) is 6.10 Å². The Labute approximate surface area is 60.1 Å². The van der Waals surface area contributed by atoms with Crippen molar-refractivity contribution in [3.05, 3.63) is 0 Å². The summed E-state index contributed by atoms with van der Waals surface area (Å²) in [4.78, 5) is 0. The number of rotatable bonds is 3. The van der Waals surface area contributed by atoms with Crippen molar-refractivity contribution in [2.24, 2.45) is 0 Å². The number of hydrogen-bond donors (Lipinski definition) is 1. The summed E-state index contributed by atoms with van der Waals surface area (Å²) in [5, 5.41) is 0. The third-order valence-electron chi connectivity index (χ3n) is 0.861. The SMILES string of the molecule is CCC(C)OS(=O)(O)=S. The molecule has 0 aliphatic carbocycles. The second kappa shape index (κ2) is 3.46. The molecule has 9 heavy (non-hydrogen) atoms. The summed E-state index contributed by atoms with van der Waals surface area (Å²) in [6, 6.07) is 0. The highest BCUT2D eigenvalue weighted by molar-refractivity contribution is 8.27. The second-order valence-electron chi connectivity index (χ2n) is 1.74. The van der Waals surface area contributed by atoms with Crippen LogP contribution in [0.5, 0.6) is 0 Å². The van der Waals surface area contributed by atoms with Gasteiger partial charge in [-0.25, -0.2) is 0 Å². The molecular weight excluding hydrogens is 160 g/mol. The zero-order chi connectivity index (χ0) is 7.49. The summed E-state index contributed by atoms with van der Waals surface area (Å²) in [6.07, 6.45) is 0.453. The molecule has 5 heteroatoms. The maximum absolute atomic E-state index is 10.3. The van der Waals surface area contributed by atoms with E-state index in [4.69, 9.17) is 4.55 Å². The zero-order valence-electron chi connectivity index (χ0n) is 5.36. The molecule has 0 saturated heterocycles. The highest BCUT2D eigenvalue weighted by Crippen LogP contribution is 1.99. The molecule has 0 rings (SSSR count). The molecule has 0 aliphatic heterocycles. The first-order chi connectivity index (χ1) is 3.95. The van der Waals surface area contributed by atoms with Gasteiger partial charge in [0.15, 0.2) is 0 Å². The third kappa shape index (κ3) is 6.17. The summed E-state index contributed by atoms with van der Waals surface area (Å²) in [5.74, 6) is 0. The van der Waals surface area contributed by atoms with Crippen LogP contribution < -0.4 is 0 Å².